The van der Waals surface area contributed by atoms with E-state index in [9.17, 15) is 0 Å². The Kier molecular flexibility index (Phi) is 3.71. The molecule has 0 saturated heterocycles. The molecule has 0 amide bonds. The van der Waals surface area contributed by atoms with Crippen LogP contribution in [0.2, 0.25) is 5.15 Å². The van der Waals surface area contributed by atoms with Crippen LogP contribution in [0.1, 0.15) is 18.3 Å². The van der Waals surface area contributed by atoms with Gasteiger partial charge in [-0.25, -0.2) is 9.97 Å². The highest BCUT2D eigenvalue weighted by Crippen LogP contribution is 2.28. The van der Waals surface area contributed by atoms with E-state index < -0.39 is 0 Å². The van der Waals surface area contributed by atoms with Crippen molar-refractivity contribution in [2.75, 3.05) is 5.32 Å². The summed E-state index contributed by atoms with van der Waals surface area (Å²) in [7, 11) is 0. The number of halogens is 1. The summed E-state index contributed by atoms with van der Waals surface area (Å²) in [5, 5.41) is 6.04. The van der Waals surface area contributed by atoms with Gasteiger partial charge in [-0.3, -0.25) is 4.98 Å². The van der Waals surface area contributed by atoms with E-state index in [1.807, 2.05) is 44.3 Å². The maximum absolute atomic E-state index is 6.18. The number of anilines is 2. The molecular formula is C16H15ClN4. The summed E-state index contributed by atoms with van der Waals surface area (Å²) in [6, 6.07) is 8.02. The lowest BCUT2D eigenvalue weighted by molar-refractivity contribution is 0.934. The van der Waals surface area contributed by atoms with Gasteiger partial charge in [0.05, 0.1) is 0 Å². The van der Waals surface area contributed by atoms with Crippen molar-refractivity contribution in [3.63, 3.8) is 0 Å². The second-order valence-electron chi connectivity index (χ2n) is 4.79. The Morgan fingerprint density at radius 2 is 2.05 bits per heavy atom. The van der Waals surface area contributed by atoms with Gasteiger partial charge in [-0.1, -0.05) is 30.7 Å². The van der Waals surface area contributed by atoms with Gasteiger partial charge in [0.1, 0.15) is 16.8 Å². The van der Waals surface area contributed by atoms with E-state index in [0.29, 0.717) is 5.15 Å². The number of hydrogen-bond donors (Lipinski definition) is 1. The van der Waals surface area contributed by atoms with Crippen LogP contribution < -0.4 is 5.32 Å². The van der Waals surface area contributed by atoms with Crippen LogP contribution in [-0.2, 0) is 6.42 Å². The van der Waals surface area contributed by atoms with Crippen molar-refractivity contribution < 1.29 is 0 Å². The lowest BCUT2D eigenvalue weighted by Gasteiger charge is -2.12. The van der Waals surface area contributed by atoms with Crippen molar-refractivity contribution in [3.05, 3.63) is 53.2 Å². The normalized spacial score (nSPS) is 10.8. The van der Waals surface area contributed by atoms with Gasteiger partial charge in [-0.05, 0) is 19.1 Å². The lowest BCUT2D eigenvalue weighted by atomic mass is 10.1. The quantitative estimate of drug-likeness (QED) is 0.733. The van der Waals surface area contributed by atoms with E-state index in [0.717, 1.165) is 40.1 Å². The van der Waals surface area contributed by atoms with Crippen LogP contribution in [0.25, 0.3) is 10.8 Å². The minimum atomic E-state index is 0.492. The number of nitrogens with one attached hydrogen (secondary N) is 1. The van der Waals surface area contributed by atoms with Gasteiger partial charge >= 0.3 is 0 Å². The number of fused-ring (bicyclic) bond motifs is 1. The predicted molar refractivity (Wildman–Crippen MR) is 86.2 cm³/mol. The van der Waals surface area contributed by atoms with Crippen molar-refractivity contribution in [1.29, 1.82) is 0 Å². The first-order valence-corrected chi connectivity index (χ1v) is 7.19. The summed E-state index contributed by atoms with van der Waals surface area (Å²) in [5.41, 5.74) is 1.83. The zero-order valence-corrected chi connectivity index (χ0v) is 12.6. The molecule has 0 spiro atoms. The maximum Gasteiger partial charge on any atom is 0.138 e. The monoisotopic (exact) mass is 298 g/mol. The van der Waals surface area contributed by atoms with Crippen molar-refractivity contribution in [1.82, 2.24) is 15.0 Å². The van der Waals surface area contributed by atoms with Gasteiger partial charge in [0.15, 0.2) is 0 Å². The Bertz CT molecular complexity index is 796. The number of aryl methyl sites for hydroxylation is 1. The molecule has 2 heterocycles. The standard InChI is InChI=1S/C16H15ClN4/c1-3-14-20-15(17)10(2)16(21-14)19-13-6-4-5-11-9-18-8-7-12(11)13/h4-9H,3H2,1-2H3,(H,19,20,21). The average Bonchev–Trinajstić information content (AvgIpc) is 2.52. The molecule has 0 atom stereocenters. The zero-order valence-electron chi connectivity index (χ0n) is 11.9. The molecule has 0 aliphatic heterocycles. The Morgan fingerprint density at radius 1 is 1.19 bits per heavy atom. The first kappa shape index (κ1) is 13.8. The number of pyridine rings is 1. The van der Waals surface area contributed by atoms with Crippen molar-refractivity contribution in [2.24, 2.45) is 0 Å². The molecule has 3 rings (SSSR count). The number of rotatable bonds is 3. The third-order valence-corrected chi connectivity index (χ3v) is 3.75. The Morgan fingerprint density at radius 3 is 2.86 bits per heavy atom. The Balaban J connectivity index is 2.09. The minimum Gasteiger partial charge on any atom is -0.339 e. The molecular weight excluding hydrogens is 284 g/mol. The maximum atomic E-state index is 6.18. The van der Waals surface area contributed by atoms with Crippen molar-refractivity contribution in [3.8, 4) is 0 Å². The molecule has 0 aliphatic carbocycles. The van der Waals surface area contributed by atoms with Crippen LogP contribution in [-0.4, -0.2) is 15.0 Å². The largest absolute Gasteiger partial charge is 0.339 e. The summed E-state index contributed by atoms with van der Waals surface area (Å²) in [6.07, 6.45) is 4.37. The molecule has 0 radical (unpaired) electrons. The van der Waals surface area contributed by atoms with Crippen LogP contribution in [0.3, 0.4) is 0 Å². The second kappa shape index (κ2) is 5.66. The fourth-order valence-electron chi connectivity index (χ4n) is 2.17. The van der Waals surface area contributed by atoms with Gasteiger partial charge < -0.3 is 5.32 Å². The number of hydrogen-bond acceptors (Lipinski definition) is 4. The molecule has 0 fully saturated rings. The van der Waals surface area contributed by atoms with Crippen molar-refractivity contribution in [2.45, 2.75) is 20.3 Å². The summed E-state index contributed by atoms with van der Waals surface area (Å²) in [4.78, 5) is 12.9. The molecule has 4 nitrogen and oxygen atoms in total. The van der Waals surface area contributed by atoms with E-state index in [4.69, 9.17) is 11.6 Å². The second-order valence-corrected chi connectivity index (χ2v) is 5.14. The van der Waals surface area contributed by atoms with Crippen LogP contribution in [0.4, 0.5) is 11.5 Å². The molecule has 3 aromatic rings. The Hall–Kier alpha value is -2.20. The molecule has 0 aliphatic rings. The van der Waals surface area contributed by atoms with Gasteiger partial charge in [0.25, 0.3) is 0 Å². The highest BCUT2D eigenvalue weighted by Gasteiger charge is 2.10. The number of benzene rings is 1. The van der Waals surface area contributed by atoms with Crippen LogP contribution in [0.5, 0.6) is 0 Å². The van der Waals surface area contributed by atoms with Crippen LogP contribution in [0, 0.1) is 6.92 Å². The van der Waals surface area contributed by atoms with Crippen molar-refractivity contribution >= 4 is 33.9 Å². The van der Waals surface area contributed by atoms with Gasteiger partial charge in [-0.2, -0.15) is 0 Å². The van der Waals surface area contributed by atoms with Gasteiger partial charge in [0.2, 0.25) is 0 Å². The van der Waals surface area contributed by atoms with E-state index in [1.54, 1.807) is 6.20 Å². The van der Waals surface area contributed by atoms with E-state index in [2.05, 4.69) is 20.3 Å². The minimum absolute atomic E-state index is 0.492. The molecule has 106 valence electrons. The van der Waals surface area contributed by atoms with Crippen LogP contribution >= 0.6 is 11.6 Å². The first-order valence-electron chi connectivity index (χ1n) is 6.82. The first-order chi connectivity index (χ1) is 10.2. The van der Waals surface area contributed by atoms with Crippen LogP contribution in [0.15, 0.2) is 36.7 Å². The molecule has 1 aromatic carbocycles. The lowest BCUT2D eigenvalue weighted by Crippen LogP contribution is -2.03. The molecule has 0 bridgehead atoms. The molecule has 0 saturated carbocycles. The van der Waals surface area contributed by atoms with Gasteiger partial charge in [0, 0.05) is 40.8 Å². The smallest absolute Gasteiger partial charge is 0.138 e. The highest BCUT2D eigenvalue weighted by molar-refractivity contribution is 6.30. The van der Waals surface area contributed by atoms with E-state index >= 15 is 0 Å². The predicted octanol–water partition coefficient (Wildman–Crippen LogP) is 4.29. The summed E-state index contributed by atoms with van der Waals surface area (Å²) >= 11 is 6.18. The Labute approximate surface area is 128 Å². The zero-order chi connectivity index (χ0) is 14.8. The fraction of sp³-hybridized carbons (Fsp3) is 0.188. The third-order valence-electron chi connectivity index (χ3n) is 3.38. The number of nitrogens with zero attached hydrogens (tertiary/aromatic N) is 3. The summed E-state index contributed by atoms with van der Waals surface area (Å²) < 4.78 is 0. The van der Waals surface area contributed by atoms with E-state index in [1.165, 1.54) is 0 Å². The topological polar surface area (TPSA) is 50.7 Å². The summed E-state index contributed by atoms with van der Waals surface area (Å²) in [5.74, 6) is 1.48. The molecule has 21 heavy (non-hydrogen) atoms. The van der Waals surface area contributed by atoms with E-state index in [-0.39, 0.29) is 0 Å². The highest BCUT2D eigenvalue weighted by atomic mass is 35.5. The fourth-order valence-corrected chi connectivity index (χ4v) is 2.36. The molecule has 2 aromatic heterocycles. The third kappa shape index (κ3) is 2.67. The number of aromatic nitrogens is 3. The summed E-state index contributed by atoms with van der Waals surface area (Å²) in [6.45, 7) is 3.92. The SMILES string of the molecule is CCc1nc(Cl)c(C)c(Nc2cccc3cnccc23)n1. The molecule has 0 unspecified atom stereocenters. The molecule has 1 N–H and O–H groups in total. The molecule has 5 heteroatoms. The van der Waals surface area contributed by atoms with Gasteiger partial charge in [-0.15, -0.1) is 0 Å². The average molecular weight is 299 g/mol.